The summed E-state index contributed by atoms with van der Waals surface area (Å²) < 4.78 is 0. The molecule has 120 valence electrons. The molecule has 0 saturated carbocycles. The maximum absolute atomic E-state index is 9.12. The van der Waals surface area contributed by atoms with Crippen molar-refractivity contribution in [3.05, 3.63) is 0 Å². The lowest BCUT2D eigenvalue weighted by Crippen LogP contribution is -2.32. The average Bonchev–Trinajstić information content (AvgIpc) is 2.50. The van der Waals surface area contributed by atoms with Crippen molar-refractivity contribution in [1.82, 2.24) is 15.0 Å². The van der Waals surface area contributed by atoms with Gasteiger partial charge in [0, 0.05) is 26.2 Å². The van der Waals surface area contributed by atoms with Gasteiger partial charge in [-0.3, -0.25) is 0 Å². The molecule has 0 radical (unpaired) electrons. The molecule has 0 saturated heterocycles. The zero-order valence-corrected chi connectivity index (χ0v) is 12.8. The van der Waals surface area contributed by atoms with Crippen LogP contribution in [0.3, 0.4) is 0 Å². The molecule has 4 N–H and O–H groups in total. The molecule has 0 spiro atoms. The van der Waals surface area contributed by atoms with Crippen LogP contribution in [0.15, 0.2) is 0 Å². The predicted molar refractivity (Wildman–Crippen MR) is 83.8 cm³/mol. The van der Waals surface area contributed by atoms with Crippen LogP contribution in [-0.4, -0.2) is 64.6 Å². The van der Waals surface area contributed by atoms with Gasteiger partial charge in [0.1, 0.15) is 0 Å². The van der Waals surface area contributed by atoms with Crippen molar-refractivity contribution >= 4 is 17.8 Å². The Balaban J connectivity index is 2.96. The summed E-state index contributed by atoms with van der Waals surface area (Å²) in [4.78, 5) is 14.7. The Morgan fingerprint density at radius 2 is 1.33 bits per heavy atom. The van der Waals surface area contributed by atoms with E-state index < -0.39 is 0 Å². The Labute approximate surface area is 125 Å². The lowest BCUT2D eigenvalue weighted by molar-refractivity contribution is 0.280. The molecule has 1 aromatic rings. The second-order valence-electron chi connectivity index (χ2n) is 4.57. The van der Waals surface area contributed by atoms with E-state index in [-0.39, 0.29) is 13.2 Å². The molecule has 1 heterocycles. The van der Waals surface area contributed by atoms with Gasteiger partial charge in [-0.2, -0.15) is 15.0 Å². The Morgan fingerprint density at radius 3 is 1.71 bits per heavy atom. The largest absolute Gasteiger partial charge is 0.395 e. The minimum absolute atomic E-state index is 0.0267. The van der Waals surface area contributed by atoms with E-state index in [0.717, 1.165) is 25.9 Å². The summed E-state index contributed by atoms with van der Waals surface area (Å²) in [7, 11) is 0. The predicted octanol–water partition coefficient (Wildman–Crippen LogP) is 0.306. The molecule has 0 aliphatic heterocycles. The smallest absolute Gasteiger partial charge is 0.232 e. The number of rotatable bonds is 11. The van der Waals surface area contributed by atoms with Gasteiger partial charge in [-0.05, 0) is 12.8 Å². The summed E-state index contributed by atoms with van der Waals surface area (Å²) in [6.07, 6.45) is 1.94. The molecular weight excluding hydrogens is 272 g/mol. The molecule has 0 amide bonds. The first-order chi connectivity index (χ1) is 10.2. The maximum Gasteiger partial charge on any atom is 0.232 e. The van der Waals surface area contributed by atoms with Crippen molar-refractivity contribution in [2.24, 2.45) is 0 Å². The number of hydrogen-bond donors (Lipinski definition) is 4. The van der Waals surface area contributed by atoms with Crippen LogP contribution in [0, 0.1) is 0 Å². The number of anilines is 3. The molecule has 8 nitrogen and oxygen atoms in total. The molecule has 21 heavy (non-hydrogen) atoms. The highest BCUT2D eigenvalue weighted by Gasteiger charge is 2.12. The molecule has 0 unspecified atom stereocenters. The second kappa shape index (κ2) is 10.1. The third-order valence-electron chi connectivity index (χ3n) is 2.71. The van der Waals surface area contributed by atoms with Gasteiger partial charge in [0.25, 0.3) is 0 Å². The third-order valence-corrected chi connectivity index (χ3v) is 2.71. The molecule has 1 rings (SSSR count). The van der Waals surface area contributed by atoms with Gasteiger partial charge in [0.2, 0.25) is 17.8 Å². The van der Waals surface area contributed by atoms with E-state index in [1.54, 1.807) is 4.90 Å². The molecule has 0 atom stereocenters. The number of nitrogens with one attached hydrogen (secondary N) is 2. The highest BCUT2D eigenvalue weighted by molar-refractivity contribution is 5.43. The van der Waals surface area contributed by atoms with E-state index in [2.05, 4.69) is 39.4 Å². The van der Waals surface area contributed by atoms with E-state index >= 15 is 0 Å². The fourth-order valence-electron chi connectivity index (χ4n) is 1.69. The molecule has 0 fully saturated rings. The van der Waals surface area contributed by atoms with E-state index in [4.69, 9.17) is 10.2 Å². The van der Waals surface area contributed by atoms with Crippen LogP contribution in [0.2, 0.25) is 0 Å². The first-order valence-electron chi connectivity index (χ1n) is 7.45. The summed E-state index contributed by atoms with van der Waals surface area (Å²) in [6, 6.07) is 0. The minimum atomic E-state index is -0.0267. The summed E-state index contributed by atoms with van der Waals surface area (Å²) in [5.74, 6) is 1.45. The van der Waals surface area contributed by atoms with Crippen molar-refractivity contribution in [1.29, 1.82) is 0 Å². The lowest BCUT2D eigenvalue weighted by atomic mass is 10.5. The van der Waals surface area contributed by atoms with Crippen LogP contribution >= 0.6 is 0 Å². The zero-order chi connectivity index (χ0) is 15.5. The Kier molecular flexibility index (Phi) is 8.37. The van der Waals surface area contributed by atoms with Gasteiger partial charge in [-0.15, -0.1) is 0 Å². The Bertz CT molecular complexity index is 372. The number of aliphatic hydroxyl groups excluding tert-OH is 2. The third kappa shape index (κ3) is 6.09. The molecule has 1 aromatic heterocycles. The molecule has 0 aliphatic carbocycles. The number of aliphatic hydroxyl groups is 2. The highest BCUT2D eigenvalue weighted by atomic mass is 16.3. The second-order valence-corrected chi connectivity index (χ2v) is 4.57. The van der Waals surface area contributed by atoms with Crippen molar-refractivity contribution in [3.63, 3.8) is 0 Å². The molecule has 8 heteroatoms. The van der Waals surface area contributed by atoms with Gasteiger partial charge >= 0.3 is 0 Å². The Morgan fingerprint density at radius 1 is 0.857 bits per heavy atom. The van der Waals surface area contributed by atoms with Crippen LogP contribution in [0.25, 0.3) is 0 Å². The summed E-state index contributed by atoms with van der Waals surface area (Å²) in [5, 5.41) is 24.5. The zero-order valence-electron chi connectivity index (χ0n) is 12.8. The molecule has 0 aromatic carbocycles. The number of hydrogen-bond acceptors (Lipinski definition) is 8. The van der Waals surface area contributed by atoms with Crippen molar-refractivity contribution in [2.45, 2.75) is 26.7 Å². The van der Waals surface area contributed by atoms with Gasteiger partial charge in [-0.1, -0.05) is 13.8 Å². The highest BCUT2D eigenvalue weighted by Crippen LogP contribution is 2.13. The van der Waals surface area contributed by atoms with Gasteiger partial charge in [-0.25, -0.2) is 0 Å². The summed E-state index contributed by atoms with van der Waals surface area (Å²) in [6.45, 7) is 6.36. The van der Waals surface area contributed by atoms with E-state index in [9.17, 15) is 0 Å². The van der Waals surface area contributed by atoms with Gasteiger partial charge in [0.15, 0.2) is 0 Å². The fourth-order valence-corrected chi connectivity index (χ4v) is 1.69. The van der Waals surface area contributed by atoms with Gasteiger partial charge < -0.3 is 25.7 Å². The van der Waals surface area contributed by atoms with Crippen LogP contribution in [0.1, 0.15) is 26.7 Å². The van der Waals surface area contributed by atoms with Crippen LogP contribution < -0.4 is 15.5 Å². The fraction of sp³-hybridized carbons (Fsp3) is 0.769. The number of nitrogens with zero attached hydrogens (tertiary/aromatic N) is 4. The van der Waals surface area contributed by atoms with Crippen molar-refractivity contribution in [2.75, 3.05) is 54.9 Å². The minimum Gasteiger partial charge on any atom is -0.395 e. The SMILES string of the molecule is CCCNc1nc(NCCC)nc(N(CCO)CCO)n1. The van der Waals surface area contributed by atoms with E-state index in [1.807, 2.05) is 0 Å². The van der Waals surface area contributed by atoms with E-state index in [1.165, 1.54) is 0 Å². The lowest BCUT2D eigenvalue weighted by Gasteiger charge is -2.21. The van der Waals surface area contributed by atoms with Crippen LogP contribution in [0.5, 0.6) is 0 Å². The van der Waals surface area contributed by atoms with Gasteiger partial charge in [0.05, 0.1) is 13.2 Å². The maximum atomic E-state index is 9.12. The quantitative estimate of drug-likeness (QED) is 0.462. The van der Waals surface area contributed by atoms with E-state index in [0.29, 0.717) is 30.9 Å². The van der Waals surface area contributed by atoms with Crippen LogP contribution in [0.4, 0.5) is 17.8 Å². The normalized spacial score (nSPS) is 10.5. The van der Waals surface area contributed by atoms with Crippen LogP contribution in [-0.2, 0) is 0 Å². The monoisotopic (exact) mass is 298 g/mol. The molecule has 0 aliphatic rings. The summed E-state index contributed by atoms with van der Waals surface area (Å²) in [5.41, 5.74) is 0. The topological polar surface area (TPSA) is 106 Å². The molecule has 0 bridgehead atoms. The molecular formula is C13H26N6O2. The van der Waals surface area contributed by atoms with Crippen molar-refractivity contribution < 1.29 is 10.2 Å². The first-order valence-corrected chi connectivity index (χ1v) is 7.45. The Hall–Kier alpha value is -1.67. The number of aromatic nitrogens is 3. The standard InChI is InChI=1S/C13H26N6O2/c1-3-5-14-11-16-12(15-6-4-2)18-13(17-11)19(7-9-20)8-10-21/h20-21H,3-10H2,1-2H3,(H2,14,15,16,17,18). The van der Waals surface area contributed by atoms with Crippen molar-refractivity contribution in [3.8, 4) is 0 Å². The average molecular weight is 298 g/mol. The summed E-state index contributed by atoms with van der Waals surface area (Å²) >= 11 is 0. The first kappa shape index (κ1) is 17.4.